The number of imidazole rings is 1. The second-order valence-corrected chi connectivity index (χ2v) is 10.1. The number of anilines is 2. The normalized spacial score (nSPS) is 14.3. The standard InChI is InChI=1S/C29H29N11/c1-18-14-19(2)35-28-25(18)38-27(23-4-3-11-32-26(23)31)40(28)22-7-5-20(6-8-22)16-39-12-9-21(10-13-39)36-29-34-17-33-24(15-30)37-29/h3-8,11,14,17,21H,9-10,12-13,16H2,1-2H3,(H2,31,32)(H,33,34,36,37). The van der Waals surface area contributed by atoms with E-state index in [1.54, 1.807) is 6.20 Å². The molecule has 0 bridgehead atoms. The van der Waals surface area contributed by atoms with Gasteiger partial charge in [0.15, 0.2) is 11.5 Å². The van der Waals surface area contributed by atoms with E-state index in [2.05, 4.69) is 65.9 Å². The molecule has 1 aromatic carbocycles. The molecule has 1 fully saturated rings. The van der Waals surface area contributed by atoms with E-state index in [4.69, 9.17) is 21.0 Å². The van der Waals surface area contributed by atoms with Crippen LogP contribution < -0.4 is 11.1 Å². The van der Waals surface area contributed by atoms with Crippen molar-refractivity contribution in [2.45, 2.75) is 39.3 Å². The van der Waals surface area contributed by atoms with Crippen molar-refractivity contribution in [2.75, 3.05) is 24.1 Å². The van der Waals surface area contributed by atoms with E-state index in [1.165, 1.54) is 11.9 Å². The lowest BCUT2D eigenvalue weighted by molar-refractivity contribution is 0.211. The lowest BCUT2D eigenvalue weighted by Gasteiger charge is -2.32. The molecule has 200 valence electrons. The molecule has 0 atom stereocenters. The van der Waals surface area contributed by atoms with Crippen molar-refractivity contribution < 1.29 is 0 Å². The lowest BCUT2D eigenvalue weighted by Crippen LogP contribution is -2.39. The van der Waals surface area contributed by atoms with Crippen LogP contribution >= 0.6 is 0 Å². The quantitative estimate of drug-likeness (QED) is 0.331. The van der Waals surface area contributed by atoms with Crippen molar-refractivity contribution in [2.24, 2.45) is 0 Å². The Morgan fingerprint density at radius 2 is 1.82 bits per heavy atom. The van der Waals surface area contributed by atoms with Gasteiger partial charge in [0, 0.05) is 43.3 Å². The molecule has 5 aromatic rings. The molecule has 11 nitrogen and oxygen atoms in total. The second-order valence-electron chi connectivity index (χ2n) is 10.1. The van der Waals surface area contributed by atoms with Crippen molar-refractivity contribution in [1.29, 1.82) is 5.26 Å². The Morgan fingerprint density at radius 1 is 1.02 bits per heavy atom. The summed E-state index contributed by atoms with van der Waals surface area (Å²) in [4.78, 5) is 28.6. The highest BCUT2D eigenvalue weighted by molar-refractivity contribution is 5.84. The lowest BCUT2D eigenvalue weighted by atomic mass is 10.0. The van der Waals surface area contributed by atoms with Gasteiger partial charge in [-0.1, -0.05) is 12.1 Å². The minimum Gasteiger partial charge on any atom is -0.383 e. The Bertz CT molecular complexity index is 1710. The van der Waals surface area contributed by atoms with Gasteiger partial charge in [0.1, 0.15) is 23.7 Å². The number of likely N-dealkylation sites (tertiary alicyclic amines) is 1. The van der Waals surface area contributed by atoms with E-state index in [-0.39, 0.29) is 11.9 Å². The summed E-state index contributed by atoms with van der Waals surface area (Å²) in [5.41, 5.74) is 12.9. The van der Waals surface area contributed by atoms with Crippen LogP contribution in [0.1, 0.15) is 35.5 Å². The van der Waals surface area contributed by atoms with Crippen molar-refractivity contribution in [3.63, 3.8) is 0 Å². The molecule has 11 heteroatoms. The molecule has 40 heavy (non-hydrogen) atoms. The van der Waals surface area contributed by atoms with Crippen LogP contribution in [-0.4, -0.2) is 58.5 Å². The topological polar surface area (TPSA) is 147 Å². The van der Waals surface area contributed by atoms with E-state index >= 15 is 0 Å². The van der Waals surface area contributed by atoms with Gasteiger partial charge < -0.3 is 11.1 Å². The highest BCUT2D eigenvalue weighted by Gasteiger charge is 2.22. The molecule has 0 saturated carbocycles. The number of aromatic nitrogens is 7. The number of nitriles is 1. The van der Waals surface area contributed by atoms with E-state index in [9.17, 15) is 0 Å². The molecule has 0 aliphatic carbocycles. The van der Waals surface area contributed by atoms with Gasteiger partial charge in [0.05, 0.1) is 5.56 Å². The molecule has 1 saturated heterocycles. The maximum atomic E-state index is 9.01. The van der Waals surface area contributed by atoms with E-state index in [1.807, 2.05) is 31.2 Å². The van der Waals surface area contributed by atoms with Gasteiger partial charge in [0.25, 0.3) is 0 Å². The molecule has 0 radical (unpaired) electrons. The summed E-state index contributed by atoms with van der Waals surface area (Å²) in [7, 11) is 0. The third-order valence-corrected chi connectivity index (χ3v) is 7.21. The van der Waals surface area contributed by atoms with Crippen LogP contribution in [0.2, 0.25) is 0 Å². The van der Waals surface area contributed by atoms with Crippen molar-refractivity contribution in [3.05, 3.63) is 77.6 Å². The predicted molar refractivity (Wildman–Crippen MR) is 152 cm³/mol. The maximum Gasteiger partial charge on any atom is 0.236 e. The number of nitrogens with two attached hydrogens (primary N) is 1. The molecule has 3 N–H and O–H groups in total. The molecular formula is C29H29N11. The molecule has 1 aliphatic rings. The van der Waals surface area contributed by atoms with Crippen molar-refractivity contribution in [1.82, 2.24) is 39.4 Å². The van der Waals surface area contributed by atoms with E-state index < -0.39 is 0 Å². The molecule has 0 unspecified atom stereocenters. The second kappa shape index (κ2) is 10.7. The van der Waals surface area contributed by atoms with Gasteiger partial charge in [-0.2, -0.15) is 10.2 Å². The minimum absolute atomic E-state index is 0.124. The van der Waals surface area contributed by atoms with Crippen LogP contribution in [-0.2, 0) is 6.54 Å². The summed E-state index contributed by atoms with van der Waals surface area (Å²) in [6.45, 7) is 6.82. The molecule has 0 amide bonds. The van der Waals surface area contributed by atoms with Crippen molar-refractivity contribution >= 4 is 22.9 Å². The molecule has 4 aromatic heterocycles. The number of benzene rings is 1. The summed E-state index contributed by atoms with van der Waals surface area (Å²) >= 11 is 0. The number of nitrogen functional groups attached to an aromatic ring is 1. The monoisotopic (exact) mass is 531 g/mol. The van der Waals surface area contributed by atoms with E-state index in [0.717, 1.165) is 72.0 Å². The number of fused-ring (bicyclic) bond motifs is 1. The third-order valence-electron chi connectivity index (χ3n) is 7.21. The molecule has 6 rings (SSSR count). The predicted octanol–water partition coefficient (Wildman–Crippen LogP) is 3.81. The largest absolute Gasteiger partial charge is 0.383 e. The van der Waals surface area contributed by atoms with Crippen molar-refractivity contribution in [3.8, 4) is 23.1 Å². The Kier molecular flexibility index (Phi) is 6.76. The van der Waals surface area contributed by atoms with Gasteiger partial charge in [-0.05, 0) is 68.1 Å². The summed E-state index contributed by atoms with van der Waals surface area (Å²) in [5, 5.41) is 12.3. The van der Waals surface area contributed by atoms with Gasteiger partial charge >= 0.3 is 0 Å². The number of hydrogen-bond donors (Lipinski definition) is 2. The van der Waals surface area contributed by atoms with Crippen LogP contribution in [0.3, 0.4) is 0 Å². The number of pyridine rings is 2. The number of piperidine rings is 1. The summed E-state index contributed by atoms with van der Waals surface area (Å²) in [5.74, 6) is 1.74. The van der Waals surface area contributed by atoms with Gasteiger partial charge in [-0.25, -0.2) is 24.9 Å². The van der Waals surface area contributed by atoms with E-state index in [0.29, 0.717) is 11.8 Å². The maximum absolute atomic E-state index is 9.01. The van der Waals surface area contributed by atoms with Crippen LogP contribution in [0.5, 0.6) is 0 Å². The summed E-state index contributed by atoms with van der Waals surface area (Å²) < 4.78 is 2.07. The Morgan fingerprint density at radius 3 is 2.58 bits per heavy atom. The van der Waals surface area contributed by atoms with Crippen LogP contribution in [0.15, 0.2) is 55.0 Å². The number of nitrogens with one attached hydrogen (secondary N) is 1. The molecule has 5 heterocycles. The fourth-order valence-electron chi connectivity index (χ4n) is 5.24. The number of hydrogen-bond acceptors (Lipinski definition) is 10. The average Bonchev–Trinajstić information content (AvgIpc) is 3.34. The van der Waals surface area contributed by atoms with Crippen LogP contribution in [0, 0.1) is 25.2 Å². The average molecular weight is 532 g/mol. The Balaban J connectivity index is 1.20. The van der Waals surface area contributed by atoms with Crippen LogP contribution in [0.25, 0.3) is 28.2 Å². The highest BCUT2D eigenvalue weighted by Crippen LogP contribution is 2.32. The summed E-state index contributed by atoms with van der Waals surface area (Å²) in [6, 6.07) is 16.6. The van der Waals surface area contributed by atoms with Gasteiger partial charge in [-0.15, -0.1) is 0 Å². The third kappa shape index (κ3) is 5.04. The fraction of sp³-hybridized carbons (Fsp3) is 0.276. The molecule has 1 aliphatic heterocycles. The first-order valence-electron chi connectivity index (χ1n) is 13.2. The summed E-state index contributed by atoms with van der Waals surface area (Å²) in [6.07, 6.45) is 4.98. The first-order chi connectivity index (χ1) is 19.5. The first-order valence-corrected chi connectivity index (χ1v) is 13.2. The fourth-order valence-corrected chi connectivity index (χ4v) is 5.24. The Hall–Kier alpha value is -4.95. The zero-order valence-electron chi connectivity index (χ0n) is 22.4. The van der Waals surface area contributed by atoms with Crippen LogP contribution in [0.4, 0.5) is 11.8 Å². The first kappa shape index (κ1) is 25.3. The molecular weight excluding hydrogens is 502 g/mol. The molecule has 0 spiro atoms. The highest BCUT2D eigenvalue weighted by atomic mass is 15.2. The zero-order valence-corrected chi connectivity index (χ0v) is 22.4. The van der Waals surface area contributed by atoms with Gasteiger partial charge in [0.2, 0.25) is 11.8 Å². The zero-order chi connectivity index (χ0) is 27.6. The van der Waals surface area contributed by atoms with Gasteiger partial charge in [-0.3, -0.25) is 9.47 Å². The number of rotatable bonds is 6. The smallest absolute Gasteiger partial charge is 0.236 e. The SMILES string of the molecule is Cc1cc(C)c2nc(-c3cccnc3N)n(-c3ccc(CN4CCC(Nc5ncnc(C#N)n5)CC4)cc3)c2n1. The minimum atomic E-state index is 0.124. The Labute approximate surface area is 231 Å². The number of nitrogens with zero attached hydrogens (tertiary/aromatic N) is 9. The number of aryl methyl sites for hydroxylation is 2.